The Bertz CT molecular complexity index is 883. The second-order valence-electron chi connectivity index (χ2n) is 6.65. The van der Waals surface area contributed by atoms with E-state index >= 15 is 0 Å². The Labute approximate surface area is 170 Å². The van der Waals surface area contributed by atoms with E-state index in [0.717, 1.165) is 5.69 Å². The number of nitrogens with one attached hydrogen (secondary N) is 1. The molecule has 0 unspecified atom stereocenters. The Morgan fingerprint density at radius 2 is 2.29 bits per heavy atom. The first-order chi connectivity index (χ1) is 13.4. The molecular formula is C20H24ClN5O2. The van der Waals surface area contributed by atoms with Crippen molar-refractivity contribution in [3.63, 3.8) is 0 Å². The van der Waals surface area contributed by atoms with E-state index in [1.54, 1.807) is 29.1 Å². The maximum Gasteiger partial charge on any atom is 0.249 e. The van der Waals surface area contributed by atoms with Gasteiger partial charge in [-0.25, -0.2) is 4.98 Å². The number of carbonyl (C=O) groups excluding carboxylic acids is 1. The maximum absolute atomic E-state index is 12.3. The van der Waals surface area contributed by atoms with Crippen LogP contribution in [-0.2, 0) is 11.3 Å². The quantitative estimate of drug-likeness (QED) is 0.501. The number of nitriles is 1. The van der Waals surface area contributed by atoms with Gasteiger partial charge in [0.25, 0.3) is 0 Å². The Morgan fingerprint density at radius 1 is 1.50 bits per heavy atom. The van der Waals surface area contributed by atoms with E-state index < -0.39 is 0 Å². The van der Waals surface area contributed by atoms with Gasteiger partial charge < -0.3 is 10.1 Å². The van der Waals surface area contributed by atoms with Crippen LogP contribution in [0.25, 0.3) is 6.08 Å². The minimum atomic E-state index is -0.354. The topological polar surface area (TPSA) is 92.8 Å². The highest BCUT2D eigenvalue weighted by atomic mass is 35.5. The Hall–Kier alpha value is -2.85. The van der Waals surface area contributed by atoms with Crippen molar-refractivity contribution in [1.29, 1.82) is 5.26 Å². The smallest absolute Gasteiger partial charge is 0.249 e. The Morgan fingerprint density at radius 3 is 3.00 bits per heavy atom. The van der Waals surface area contributed by atoms with Gasteiger partial charge in [0.05, 0.1) is 18.4 Å². The van der Waals surface area contributed by atoms with E-state index in [9.17, 15) is 4.79 Å². The molecule has 148 valence electrons. The highest BCUT2D eigenvalue weighted by Crippen LogP contribution is 2.23. The predicted octanol–water partition coefficient (Wildman–Crippen LogP) is 4.23. The van der Waals surface area contributed by atoms with E-state index in [2.05, 4.69) is 35.3 Å². The van der Waals surface area contributed by atoms with Crippen molar-refractivity contribution in [3.05, 3.63) is 40.8 Å². The lowest BCUT2D eigenvalue weighted by atomic mass is 10.2. The van der Waals surface area contributed by atoms with Gasteiger partial charge in [-0.15, -0.1) is 0 Å². The number of amides is 1. The number of anilines is 1. The van der Waals surface area contributed by atoms with Crippen LogP contribution in [0, 0.1) is 24.2 Å². The lowest BCUT2D eigenvalue weighted by molar-refractivity contribution is -0.111. The number of carbonyl (C=O) groups is 1. The zero-order valence-electron chi connectivity index (χ0n) is 16.3. The molecule has 2 aromatic heterocycles. The molecule has 1 amide bonds. The predicted molar refractivity (Wildman–Crippen MR) is 109 cm³/mol. The third kappa shape index (κ3) is 6.10. The van der Waals surface area contributed by atoms with Crippen LogP contribution < -0.4 is 10.1 Å². The summed E-state index contributed by atoms with van der Waals surface area (Å²) in [5, 5.41) is 16.2. The summed E-state index contributed by atoms with van der Waals surface area (Å²) in [6.07, 6.45) is 5.63. The van der Waals surface area contributed by atoms with Gasteiger partial charge in [0.15, 0.2) is 11.6 Å². The molecule has 0 saturated carbocycles. The fourth-order valence-electron chi connectivity index (χ4n) is 2.47. The van der Waals surface area contributed by atoms with Gasteiger partial charge in [0.2, 0.25) is 5.91 Å². The van der Waals surface area contributed by atoms with Crippen molar-refractivity contribution in [2.75, 3.05) is 11.9 Å². The van der Waals surface area contributed by atoms with Gasteiger partial charge in [0, 0.05) is 30.8 Å². The number of hydrogen-bond acceptors (Lipinski definition) is 5. The SMILES string of the molecule is Cc1nn(CC(C)C)c(Cl)c1C=CC(=O)Nc1ncccc1OCCCC#N. The molecule has 0 aliphatic rings. The number of hydrogen-bond donors (Lipinski definition) is 1. The summed E-state index contributed by atoms with van der Waals surface area (Å²) >= 11 is 6.39. The summed E-state index contributed by atoms with van der Waals surface area (Å²) in [5.74, 6) is 0.842. The van der Waals surface area contributed by atoms with Crippen molar-refractivity contribution in [1.82, 2.24) is 14.8 Å². The molecule has 0 fully saturated rings. The van der Waals surface area contributed by atoms with Crippen LogP contribution in [0.4, 0.5) is 5.82 Å². The van der Waals surface area contributed by atoms with Gasteiger partial charge in [-0.3, -0.25) is 9.48 Å². The number of nitrogens with zero attached hydrogens (tertiary/aromatic N) is 4. The minimum Gasteiger partial charge on any atom is -0.490 e. The monoisotopic (exact) mass is 401 g/mol. The first-order valence-electron chi connectivity index (χ1n) is 9.09. The summed E-state index contributed by atoms with van der Waals surface area (Å²) in [5.41, 5.74) is 1.47. The van der Waals surface area contributed by atoms with Gasteiger partial charge >= 0.3 is 0 Å². The van der Waals surface area contributed by atoms with Crippen molar-refractivity contribution in [2.24, 2.45) is 5.92 Å². The molecule has 0 radical (unpaired) electrons. The molecule has 8 heteroatoms. The third-order valence-corrected chi connectivity index (χ3v) is 4.15. The first kappa shape index (κ1) is 21.5. The van der Waals surface area contributed by atoms with E-state index in [4.69, 9.17) is 21.6 Å². The Kier molecular flexibility index (Phi) is 8.02. The minimum absolute atomic E-state index is 0.326. The number of pyridine rings is 1. The van der Waals surface area contributed by atoms with Crippen LogP contribution in [0.5, 0.6) is 5.75 Å². The maximum atomic E-state index is 12.3. The van der Waals surface area contributed by atoms with Crippen LogP contribution in [0.1, 0.15) is 37.9 Å². The van der Waals surface area contributed by atoms with Crippen molar-refractivity contribution >= 4 is 29.4 Å². The average molecular weight is 402 g/mol. The fourth-order valence-corrected chi connectivity index (χ4v) is 2.78. The lowest BCUT2D eigenvalue weighted by Crippen LogP contribution is -2.11. The summed E-state index contributed by atoms with van der Waals surface area (Å²) in [6, 6.07) is 5.50. The molecule has 1 N–H and O–H groups in total. The lowest BCUT2D eigenvalue weighted by Gasteiger charge is -2.09. The van der Waals surface area contributed by atoms with Gasteiger partial charge in [-0.05, 0) is 37.5 Å². The Balaban J connectivity index is 2.05. The molecular weight excluding hydrogens is 378 g/mol. The normalized spacial score (nSPS) is 11.0. The standard InChI is InChI=1S/C20H24ClN5O2/c1-14(2)13-26-19(21)16(15(3)25-26)8-9-18(27)24-20-17(7-6-11-23-20)28-12-5-4-10-22/h6-9,11,14H,4-5,12-13H2,1-3H3,(H,23,24,27). The van der Waals surface area contributed by atoms with E-state index in [-0.39, 0.29) is 5.91 Å². The molecule has 2 heterocycles. The average Bonchev–Trinajstić information content (AvgIpc) is 2.91. The zero-order chi connectivity index (χ0) is 20.5. The molecule has 0 spiro atoms. The number of halogens is 1. The van der Waals surface area contributed by atoms with Crippen molar-refractivity contribution in [3.8, 4) is 11.8 Å². The zero-order valence-corrected chi connectivity index (χ0v) is 17.0. The number of aryl methyl sites for hydroxylation is 1. The molecule has 2 aromatic rings. The van der Waals surface area contributed by atoms with Crippen LogP contribution in [0.3, 0.4) is 0 Å². The molecule has 2 rings (SSSR count). The number of unbranched alkanes of at least 4 members (excludes halogenated alkanes) is 1. The summed E-state index contributed by atoms with van der Waals surface area (Å²) in [4.78, 5) is 16.5. The summed E-state index contributed by atoms with van der Waals surface area (Å²) < 4.78 is 7.34. The molecule has 0 saturated heterocycles. The van der Waals surface area contributed by atoms with Gasteiger partial charge in [-0.2, -0.15) is 10.4 Å². The second-order valence-corrected chi connectivity index (χ2v) is 7.01. The largest absolute Gasteiger partial charge is 0.490 e. The highest BCUT2D eigenvalue weighted by Gasteiger charge is 2.13. The number of rotatable bonds is 9. The molecule has 0 atom stereocenters. The van der Waals surface area contributed by atoms with Crippen molar-refractivity contribution < 1.29 is 9.53 Å². The van der Waals surface area contributed by atoms with E-state index in [1.807, 2.05) is 6.92 Å². The van der Waals surface area contributed by atoms with Gasteiger partial charge in [0.1, 0.15) is 5.15 Å². The van der Waals surface area contributed by atoms with Crippen LogP contribution >= 0.6 is 11.6 Å². The number of aromatic nitrogens is 3. The molecule has 0 aliphatic heterocycles. The molecule has 0 aliphatic carbocycles. The first-order valence-corrected chi connectivity index (χ1v) is 9.47. The van der Waals surface area contributed by atoms with E-state index in [0.29, 0.717) is 54.2 Å². The molecule has 0 aromatic carbocycles. The van der Waals surface area contributed by atoms with Gasteiger partial charge in [-0.1, -0.05) is 25.4 Å². The molecule has 0 bridgehead atoms. The second kappa shape index (κ2) is 10.5. The van der Waals surface area contributed by atoms with Crippen LogP contribution in [0.2, 0.25) is 5.15 Å². The third-order valence-electron chi connectivity index (χ3n) is 3.75. The van der Waals surface area contributed by atoms with Crippen molar-refractivity contribution in [2.45, 2.75) is 40.2 Å². The van der Waals surface area contributed by atoms with Crippen LogP contribution in [-0.4, -0.2) is 27.3 Å². The summed E-state index contributed by atoms with van der Waals surface area (Å²) in [6.45, 7) is 7.11. The van der Waals surface area contributed by atoms with E-state index in [1.165, 1.54) is 6.08 Å². The highest BCUT2D eigenvalue weighted by molar-refractivity contribution is 6.31. The summed E-state index contributed by atoms with van der Waals surface area (Å²) in [7, 11) is 0. The molecule has 7 nitrogen and oxygen atoms in total. The number of ether oxygens (including phenoxy) is 1. The van der Waals surface area contributed by atoms with Crippen LogP contribution in [0.15, 0.2) is 24.4 Å². The fraction of sp³-hybridized carbons (Fsp3) is 0.400. The molecule has 28 heavy (non-hydrogen) atoms.